The van der Waals surface area contributed by atoms with E-state index in [2.05, 4.69) is 10.9 Å². The first-order valence-corrected chi connectivity index (χ1v) is 7.13. The fourth-order valence-corrected chi connectivity index (χ4v) is 1.90. The number of nitrogens with one attached hydrogen (secondary N) is 2. The summed E-state index contributed by atoms with van der Waals surface area (Å²) >= 11 is 0. The van der Waals surface area contributed by atoms with E-state index in [1.807, 2.05) is 6.92 Å². The van der Waals surface area contributed by atoms with Crippen molar-refractivity contribution in [2.75, 3.05) is 6.54 Å². The Bertz CT molecular complexity index is 475. The number of carbonyl (C=O) groups excluding carboxylic acids is 3. The van der Waals surface area contributed by atoms with Crippen LogP contribution in [-0.2, 0) is 9.59 Å². The fraction of sp³-hybridized carbons (Fsp3) is 0.500. The zero-order chi connectivity index (χ0) is 16.4. The lowest BCUT2D eigenvalue weighted by atomic mass is 10.0. The van der Waals surface area contributed by atoms with Crippen LogP contribution in [-0.4, -0.2) is 35.0 Å². The van der Waals surface area contributed by atoms with E-state index >= 15 is 0 Å². The molecule has 1 aromatic rings. The summed E-state index contributed by atoms with van der Waals surface area (Å²) in [5, 5.41) is 9.67. The second-order valence-corrected chi connectivity index (χ2v) is 4.84. The Kier molecular flexibility index (Phi) is 7.69. The number of amides is 3. The van der Waals surface area contributed by atoms with Gasteiger partial charge in [-0.3, -0.25) is 30.4 Å². The van der Waals surface area contributed by atoms with Gasteiger partial charge in [0.15, 0.2) is 5.76 Å². The summed E-state index contributed by atoms with van der Waals surface area (Å²) < 4.78 is 4.89. The van der Waals surface area contributed by atoms with Crippen molar-refractivity contribution < 1.29 is 24.0 Å². The molecule has 0 aromatic carbocycles. The molecule has 0 spiro atoms. The topological polar surface area (TPSA) is 112 Å². The maximum Gasteiger partial charge on any atom is 0.305 e. The first-order valence-electron chi connectivity index (χ1n) is 7.13. The van der Waals surface area contributed by atoms with Crippen molar-refractivity contribution >= 4 is 18.2 Å². The van der Waals surface area contributed by atoms with E-state index < -0.39 is 17.7 Å². The summed E-state index contributed by atoms with van der Waals surface area (Å²) in [6, 6.07) is 3.01. The number of nitrogens with zero attached hydrogens (tertiary/aromatic N) is 1. The molecular formula is C14H21N3O5. The van der Waals surface area contributed by atoms with Crippen molar-refractivity contribution in [3.63, 3.8) is 0 Å². The molecule has 1 rings (SSSR count). The third-order valence-corrected chi connectivity index (χ3v) is 3.10. The quantitative estimate of drug-likeness (QED) is 0.273. The van der Waals surface area contributed by atoms with E-state index in [1.165, 1.54) is 12.3 Å². The molecule has 22 heavy (non-hydrogen) atoms. The number of hydroxylamine groups is 2. The first-order chi connectivity index (χ1) is 10.6. The molecule has 0 saturated carbocycles. The second kappa shape index (κ2) is 9.56. The third-order valence-electron chi connectivity index (χ3n) is 3.10. The molecule has 8 heteroatoms. The highest BCUT2D eigenvalue weighted by atomic mass is 16.5. The summed E-state index contributed by atoms with van der Waals surface area (Å²) in [4.78, 5) is 34.2. The lowest BCUT2D eigenvalue weighted by Gasteiger charge is -2.19. The summed E-state index contributed by atoms with van der Waals surface area (Å²) in [7, 11) is 0. The Balaban J connectivity index is 2.50. The molecule has 122 valence electrons. The Morgan fingerprint density at radius 1 is 1.41 bits per heavy atom. The minimum atomic E-state index is -0.612. The van der Waals surface area contributed by atoms with Crippen LogP contribution in [0.5, 0.6) is 0 Å². The van der Waals surface area contributed by atoms with Crippen LogP contribution in [0, 0.1) is 5.92 Å². The molecule has 0 saturated heterocycles. The van der Waals surface area contributed by atoms with E-state index in [4.69, 9.17) is 4.42 Å². The van der Waals surface area contributed by atoms with Crippen LogP contribution in [0.3, 0.4) is 0 Å². The first kappa shape index (κ1) is 17.7. The van der Waals surface area contributed by atoms with Gasteiger partial charge < -0.3 is 4.42 Å². The molecule has 0 unspecified atom stereocenters. The highest BCUT2D eigenvalue weighted by Crippen LogP contribution is 2.11. The van der Waals surface area contributed by atoms with Crippen molar-refractivity contribution in [1.82, 2.24) is 15.9 Å². The number of hydrogen-bond donors (Lipinski definition) is 3. The molecule has 0 aliphatic rings. The Morgan fingerprint density at radius 3 is 2.77 bits per heavy atom. The predicted molar refractivity (Wildman–Crippen MR) is 76.5 cm³/mol. The molecule has 0 aliphatic carbocycles. The molecule has 3 amide bonds. The molecule has 1 atom stereocenters. The van der Waals surface area contributed by atoms with Crippen molar-refractivity contribution in [2.24, 2.45) is 5.92 Å². The van der Waals surface area contributed by atoms with Crippen molar-refractivity contribution in [3.05, 3.63) is 24.2 Å². The van der Waals surface area contributed by atoms with Gasteiger partial charge in [-0.25, -0.2) is 5.06 Å². The lowest BCUT2D eigenvalue weighted by Crippen LogP contribution is -2.46. The average molecular weight is 311 g/mol. The highest BCUT2D eigenvalue weighted by molar-refractivity contribution is 5.93. The zero-order valence-electron chi connectivity index (χ0n) is 12.4. The molecule has 1 heterocycles. The maximum atomic E-state index is 12.1. The fourth-order valence-electron chi connectivity index (χ4n) is 1.90. The standard InChI is InChI=1S/C14H21N3O5/c1-2-3-4-6-11(9-17(21)10-18)13(19)15-16-14(20)12-7-5-8-22-12/h5,7-8,10-11,21H,2-4,6,9H2,1H3,(H,15,19)(H,16,20)/t11-/m1/s1. The molecule has 1 aromatic heterocycles. The number of carbonyl (C=O) groups is 3. The van der Waals surface area contributed by atoms with E-state index in [0.29, 0.717) is 11.5 Å². The van der Waals surface area contributed by atoms with Gasteiger partial charge in [-0.2, -0.15) is 0 Å². The van der Waals surface area contributed by atoms with Crippen LogP contribution in [0.25, 0.3) is 0 Å². The normalized spacial score (nSPS) is 11.5. The molecule has 0 fully saturated rings. The van der Waals surface area contributed by atoms with Gasteiger partial charge in [0.05, 0.1) is 18.7 Å². The van der Waals surface area contributed by atoms with Crippen molar-refractivity contribution in [2.45, 2.75) is 32.6 Å². The molecule has 0 aliphatic heterocycles. The Morgan fingerprint density at radius 2 is 2.18 bits per heavy atom. The highest BCUT2D eigenvalue weighted by Gasteiger charge is 2.21. The number of unbranched alkanes of at least 4 members (excludes halogenated alkanes) is 2. The number of hydrogen-bond acceptors (Lipinski definition) is 5. The van der Waals surface area contributed by atoms with Crippen LogP contribution < -0.4 is 10.9 Å². The predicted octanol–water partition coefficient (Wildman–Crippen LogP) is 1.08. The molecular weight excluding hydrogens is 290 g/mol. The minimum absolute atomic E-state index is 0.0690. The average Bonchev–Trinajstić information content (AvgIpc) is 3.05. The van der Waals surface area contributed by atoms with Crippen molar-refractivity contribution in [3.8, 4) is 0 Å². The van der Waals surface area contributed by atoms with Crippen LogP contribution in [0.15, 0.2) is 22.8 Å². The Labute approximate surface area is 128 Å². The summed E-state index contributed by atoms with van der Waals surface area (Å²) in [6.45, 7) is 1.90. The van der Waals surface area contributed by atoms with Gasteiger partial charge in [-0.15, -0.1) is 0 Å². The summed E-state index contributed by atoms with van der Waals surface area (Å²) in [6.07, 6.45) is 4.79. The SMILES string of the molecule is CCCCC[C@H](CN(O)C=O)C(=O)NNC(=O)c1ccco1. The number of furan rings is 1. The monoisotopic (exact) mass is 311 g/mol. The van der Waals surface area contributed by atoms with Gasteiger partial charge in [0.1, 0.15) is 0 Å². The molecule has 8 nitrogen and oxygen atoms in total. The zero-order valence-corrected chi connectivity index (χ0v) is 12.4. The second-order valence-electron chi connectivity index (χ2n) is 4.84. The van der Waals surface area contributed by atoms with Crippen LogP contribution in [0.1, 0.15) is 43.2 Å². The van der Waals surface area contributed by atoms with Gasteiger partial charge in [0.2, 0.25) is 12.3 Å². The summed E-state index contributed by atoms with van der Waals surface area (Å²) in [5.74, 6) is -1.60. The largest absolute Gasteiger partial charge is 0.459 e. The van der Waals surface area contributed by atoms with Gasteiger partial charge in [0, 0.05) is 0 Å². The van der Waals surface area contributed by atoms with Crippen LogP contribution in [0.4, 0.5) is 0 Å². The van der Waals surface area contributed by atoms with E-state index in [9.17, 15) is 19.6 Å². The Hall–Kier alpha value is -2.35. The van der Waals surface area contributed by atoms with Gasteiger partial charge in [0.25, 0.3) is 0 Å². The number of rotatable bonds is 9. The van der Waals surface area contributed by atoms with Gasteiger partial charge in [-0.05, 0) is 18.6 Å². The third kappa shape index (κ3) is 5.96. The van der Waals surface area contributed by atoms with E-state index in [1.54, 1.807) is 6.07 Å². The van der Waals surface area contributed by atoms with E-state index in [0.717, 1.165) is 19.3 Å². The van der Waals surface area contributed by atoms with Gasteiger partial charge >= 0.3 is 5.91 Å². The molecule has 0 bridgehead atoms. The number of hydrazine groups is 1. The molecule has 0 radical (unpaired) electrons. The lowest BCUT2D eigenvalue weighted by molar-refractivity contribution is -0.154. The van der Waals surface area contributed by atoms with Crippen LogP contribution >= 0.6 is 0 Å². The van der Waals surface area contributed by atoms with Crippen molar-refractivity contribution in [1.29, 1.82) is 0 Å². The molecule has 3 N–H and O–H groups in total. The van der Waals surface area contributed by atoms with Gasteiger partial charge in [-0.1, -0.05) is 26.2 Å². The summed E-state index contributed by atoms with van der Waals surface area (Å²) in [5.41, 5.74) is 4.50. The van der Waals surface area contributed by atoms with E-state index in [-0.39, 0.29) is 18.7 Å². The minimum Gasteiger partial charge on any atom is -0.459 e. The maximum absolute atomic E-state index is 12.1. The smallest absolute Gasteiger partial charge is 0.305 e. The van der Waals surface area contributed by atoms with Crippen LogP contribution in [0.2, 0.25) is 0 Å².